The van der Waals surface area contributed by atoms with E-state index in [0.29, 0.717) is 11.1 Å². The van der Waals surface area contributed by atoms with Crippen LogP contribution >= 0.6 is 15.9 Å². The van der Waals surface area contributed by atoms with Gasteiger partial charge < -0.3 is 14.4 Å². The van der Waals surface area contributed by atoms with Crippen molar-refractivity contribution < 1.29 is 19.1 Å². The molecular formula is C10H12BrNO4. The first kappa shape index (κ1) is 12.8. The van der Waals surface area contributed by atoms with Crippen molar-refractivity contribution in [1.82, 2.24) is 4.90 Å². The molecule has 1 unspecified atom stereocenters. The van der Waals surface area contributed by atoms with Gasteiger partial charge in [-0.1, -0.05) is 6.92 Å². The van der Waals surface area contributed by atoms with Crippen LogP contribution in [-0.4, -0.2) is 35.0 Å². The SMILES string of the molecule is CCC(C(=O)O)N(C)C(=O)c1ccc(Br)o1. The van der Waals surface area contributed by atoms with Crippen molar-refractivity contribution in [3.8, 4) is 0 Å². The summed E-state index contributed by atoms with van der Waals surface area (Å²) in [5, 5.41) is 8.91. The van der Waals surface area contributed by atoms with Crippen molar-refractivity contribution in [2.24, 2.45) is 0 Å². The molecule has 1 aromatic heterocycles. The number of carboxylic acid groups (broad SMARTS) is 1. The lowest BCUT2D eigenvalue weighted by atomic mass is 10.2. The molecule has 0 aliphatic heterocycles. The van der Waals surface area contributed by atoms with E-state index in [-0.39, 0.29) is 5.76 Å². The highest BCUT2D eigenvalue weighted by atomic mass is 79.9. The summed E-state index contributed by atoms with van der Waals surface area (Å²) in [5.74, 6) is -1.35. The summed E-state index contributed by atoms with van der Waals surface area (Å²) in [6.07, 6.45) is 0.347. The summed E-state index contributed by atoms with van der Waals surface area (Å²) in [6, 6.07) is 2.25. The third kappa shape index (κ3) is 2.63. The molecule has 5 nitrogen and oxygen atoms in total. The molecule has 0 spiro atoms. The molecule has 0 radical (unpaired) electrons. The highest BCUT2D eigenvalue weighted by Crippen LogP contribution is 2.16. The number of carbonyl (C=O) groups excluding carboxylic acids is 1. The van der Waals surface area contributed by atoms with Crippen LogP contribution in [0.15, 0.2) is 21.2 Å². The second kappa shape index (κ2) is 5.16. The van der Waals surface area contributed by atoms with Gasteiger partial charge in [0.1, 0.15) is 6.04 Å². The van der Waals surface area contributed by atoms with Crippen molar-refractivity contribution in [3.63, 3.8) is 0 Å². The normalized spacial score (nSPS) is 12.2. The highest BCUT2D eigenvalue weighted by molar-refractivity contribution is 9.10. The number of amides is 1. The number of hydrogen-bond donors (Lipinski definition) is 1. The second-order valence-corrected chi connectivity index (χ2v) is 4.06. The van der Waals surface area contributed by atoms with E-state index in [9.17, 15) is 9.59 Å². The summed E-state index contributed by atoms with van der Waals surface area (Å²) < 4.78 is 5.51. The maximum Gasteiger partial charge on any atom is 0.326 e. The van der Waals surface area contributed by atoms with Gasteiger partial charge in [-0.2, -0.15) is 0 Å². The number of likely N-dealkylation sites (N-methyl/N-ethyl adjacent to an activating group) is 1. The maximum absolute atomic E-state index is 11.8. The molecule has 0 fully saturated rings. The molecular weight excluding hydrogens is 278 g/mol. The largest absolute Gasteiger partial charge is 0.480 e. The van der Waals surface area contributed by atoms with E-state index in [1.165, 1.54) is 13.1 Å². The van der Waals surface area contributed by atoms with Crippen molar-refractivity contribution in [3.05, 3.63) is 22.6 Å². The van der Waals surface area contributed by atoms with Gasteiger partial charge in [-0.15, -0.1) is 0 Å². The number of halogens is 1. The summed E-state index contributed by atoms with van der Waals surface area (Å²) in [5.41, 5.74) is 0. The molecule has 16 heavy (non-hydrogen) atoms. The molecule has 1 rings (SSSR count). The van der Waals surface area contributed by atoms with Crippen LogP contribution < -0.4 is 0 Å². The second-order valence-electron chi connectivity index (χ2n) is 3.28. The van der Waals surface area contributed by atoms with Crippen LogP contribution in [0.2, 0.25) is 0 Å². The third-order valence-corrected chi connectivity index (χ3v) is 2.67. The Labute approximate surface area is 101 Å². The number of carbonyl (C=O) groups is 2. The Hall–Kier alpha value is -1.30. The van der Waals surface area contributed by atoms with Crippen molar-refractivity contribution in [1.29, 1.82) is 0 Å². The van der Waals surface area contributed by atoms with Gasteiger partial charge in [-0.25, -0.2) is 4.79 Å². The van der Waals surface area contributed by atoms with E-state index in [2.05, 4.69) is 15.9 Å². The molecule has 0 saturated carbocycles. The first-order chi connectivity index (χ1) is 7.47. The lowest BCUT2D eigenvalue weighted by Gasteiger charge is -2.22. The van der Waals surface area contributed by atoms with Gasteiger partial charge in [0, 0.05) is 7.05 Å². The van der Waals surface area contributed by atoms with Gasteiger partial charge in [-0.05, 0) is 34.5 Å². The zero-order chi connectivity index (χ0) is 12.3. The van der Waals surface area contributed by atoms with E-state index in [1.807, 2.05) is 0 Å². The van der Waals surface area contributed by atoms with Crippen LogP contribution in [0.5, 0.6) is 0 Å². The Morgan fingerprint density at radius 1 is 1.56 bits per heavy atom. The van der Waals surface area contributed by atoms with Crippen LogP contribution in [0.25, 0.3) is 0 Å². The van der Waals surface area contributed by atoms with Gasteiger partial charge in [0.15, 0.2) is 10.4 Å². The number of hydrogen-bond acceptors (Lipinski definition) is 3. The van der Waals surface area contributed by atoms with E-state index < -0.39 is 17.9 Å². The van der Waals surface area contributed by atoms with Crippen molar-refractivity contribution in [2.45, 2.75) is 19.4 Å². The molecule has 1 atom stereocenters. The lowest BCUT2D eigenvalue weighted by Crippen LogP contribution is -2.41. The Morgan fingerprint density at radius 2 is 2.19 bits per heavy atom. The monoisotopic (exact) mass is 289 g/mol. The van der Waals surface area contributed by atoms with Crippen molar-refractivity contribution in [2.75, 3.05) is 7.05 Å². The van der Waals surface area contributed by atoms with Crippen molar-refractivity contribution >= 4 is 27.8 Å². The number of rotatable bonds is 4. The minimum Gasteiger partial charge on any atom is -0.480 e. The smallest absolute Gasteiger partial charge is 0.326 e. The summed E-state index contributed by atoms with van der Waals surface area (Å²) in [4.78, 5) is 23.9. The summed E-state index contributed by atoms with van der Waals surface area (Å²) in [6.45, 7) is 1.71. The zero-order valence-corrected chi connectivity index (χ0v) is 10.5. The third-order valence-electron chi connectivity index (χ3n) is 2.24. The molecule has 1 N–H and O–H groups in total. The highest BCUT2D eigenvalue weighted by Gasteiger charge is 2.27. The molecule has 0 saturated heterocycles. The number of carboxylic acids is 1. The fourth-order valence-electron chi connectivity index (χ4n) is 1.36. The molecule has 6 heteroatoms. The van der Waals surface area contributed by atoms with E-state index in [4.69, 9.17) is 9.52 Å². The van der Waals surface area contributed by atoms with Crippen LogP contribution in [0.3, 0.4) is 0 Å². The van der Waals surface area contributed by atoms with Crippen LogP contribution in [0, 0.1) is 0 Å². The predicted octanol–water partition coefficient (Wildman–Crippen LogP) is 1.98. The molecule has 1 heterocycles. The number of nitrogens with zero attached hydrogens (tertiary/aromatic N) is 1. The van der Waals surface area contributed by atoms with Crippen LogP contribution in [0.1, 0.15) is 23.9 Å². The first-order valence-corrected chi connectivity index (χ1v) is 5.52. The number of furan rings is 1. The van der Waals surface area contributed by atoms with E-state index >= 15 is 0 Å². The molecule has 1 amide bonds. The molecule has 0 aliphatic rings. The minimum atomic E-state index is -1.02. The van der Waals surface area contributed by atoms with E-state index in [0.717, 1.165) is 4.90 Å². The Bertz CT molecular complexity index is 401. The van der Waals surface area contributed by atoms with Crippen LogP contribution in [-0.2, 0) is 4.79 Å². The predicted molar refractivity (Wildman–Crippen MR) is 60.2 cm³/mol. The summed E-state index contributed by atoms with van der Waals surface area (Å²) >= 11 is 3.08. The average molecular weight is 290 g/mol. The fourth-order valence-corrected chi connectivity index (χ4v) is 1.67. The standard InChI is InChI=1S/C10H12BrNO4/c1-3-6(10(14)15)12(2)9(13)7-4-5-8(11)16-7/h4-6H,3H2,1-2H3,(H,14,15). The molecule has 1 aromatic rings. The summed E-state index contributed by atoms with van der Waals surface area (Å²) in [7, 11) is 1.45. The molecule has 88 valence electrons. The quantitative estimate of drug-likeness (QED) is 0.920. The topological polar surface area (TPSA) is 70.8 Å². The Morgan fingerprint density at radius 3 is 2.56 bits per heavy atom. The Kier molecular flexibility index (Phi) is 4.12. The first-order valence-electron chi connectivity index (χ1n) is 4.72. The van der Waals surface area contributed by atoms with Gasteiger partial charge in [0.05, 0.1) is 0 Å². The van der Waals surface area contributed by atoms with Gasteiger partial charge >= 0.3 is 5.97 Å². The van der Waals surface area contributed by atoms with Gasteiger partial charge in [0.25, 0.3) is 5.91 Å². The number of aliphatic carboxylic acids is 1. The van der Waals surface area contributed by atoms with Gasteiger partial charge in [0.2, 0.25) is 0 Å². The average Bonchev–Trinajstić information content (AvgIpc) is 2.64. The molecule has 0 aromatic carbocycles. The van der Waals surface area contributed by atoms with Gasteiger partial charge in [-0.3, -0.25) is 4.79 Å². The lowest BCUT2D eigenvalue weighted by molar-refractivity contribution is -0.142. The van der Waals surface area contributed by atoms with Crippen LogP contribution in [0.4, 0.5) is 0 Å². The maximum atomic E-state index is 11.8. The Balaban J connectivity index is 2.85. The van der Waals surface area contributed by atoms with E-state index in [1.54, 1.807) is 13.0 Å². The molecule has 0 aliphatic carbocycles. The molecule has 0 bridgehead atoms. The fraction of sp³-hybridized carbons (Fsp3) is 0.400. The minimum absolute atomic E-state index is 0.120. The zero-order valence-electron chi connectivity index (χ0n) is 8.94.